The number of carbonyl (C=O) groups is 2. The first-order valence-electron chi connectivity index (χ1n) is 8.65. The quantitative estimate of drug-likeness (QED) is 0.663. The lowest BCUT2D eigenvalue weighted by Gasteiger charge is -2.22. The molecule has 0 aromatic heterocycles. The van der Waals surface area contributed by atoms with Gasteiger partial charge in [-0.2, -0.15) is 0 Å². The van der Waals surface area contributed by atoms with Crippen LogP contribution in [0.5, 0.6) is 0 Å². The van der Waals surface area contributed by atoms with Crippen molar-refractivity contribution < 1.29 is 14.7 Å². The third-order valence-electron chi connectivity index (χ3n) is 5.11. The number of nitrogens with zero attached hydrogens (tertiary/aromatic N) is 1. The summed E-state index contributed by atoms with van der Waals surface area (Å²) < 4.78 is 0. The molecule has 2 aromatic rings. The van der Waals surface area contributed by atoms with Crippen molar-refractivity contribution in [1.29, 1.82) is 0 Å². The number of para-hydroxylation sites is 1. The van der Waals surface area contributed by atoms with Crippen LogP contribution in [-0.4, -0.2) is 23.3 Å². The van der Waals surface area contributed by atoms with E-state index in [0.29, 0.717) is 16.8 Å². The molecule has 4 nitrogen and oxygen atoms in total. The van der Waals surface area contributed by atoms with E-state index < -0.39 is 11.5 Å². The molecule has 134 valence electrons. The van der Waals surface area contributed by atoms with Crippen LogP contribution in [0.15, 0.2) is 49.1 Å². The summed E-state index contributed by atoms with van der Waals surface area (Å²) in [5.74, 6) is -0.717. The number of ketones is 1. The van der Waals surface area contributed by atoms with E-state index in [9.17, 15) is 14.7 Å². The number of aliphatic hydroxyl groups is 1. The molecular weight excluding hydrogens is 326 g/mol. The van der Waals surface area contributed by atoms with E-state index in [1.54, 1.807) is 24.3 Å². The minimum absolute atomic E-state index is 0.239. The molecule has 0 bridgehead atoms. The van der Waals surface area contributed by atoms with Gasteiger partial charge in [-0.3, -0.25) is 9.59 Å². The van der Waals surface area contributed by atoms with Crippen LogP contribution in [0.2, 0.25) is 0 Å². The SMILES string of the molecule is C=CCN1C(=O)[C@](O)(CC(=O)c2cc(C)c(C)cc2C)c2ccccc21. The van der Waals surface area contributed by atoms with Crippen LogP contribution in [0.1, 0.15) is 39.0 Å². The number of hydrogen-bond acceptors (Lipinski definition) is 3. The van der Waals surface area contributed by atoms with Crippen molar-refractivity contribution in [2.75, 3.05) is 11.4 Å². The second kappa shape index (κ2) is 6.54. The Bertz CT molecular complexity index is 916. The summed E-state index contributed by atoms with van der Waals surface area (Å²) in [6, 6.07) is 10.9. The van der Waals surface area contributed by atoms with E-state index in [1.165, 1.54) is 4.90 Å². The Morgan fingerprint density at radius 3 is 2.50 bits per heavy atom. The number of fused-ring (bicyclic) bond motifs is 1. The summed E-state index contributed by atoms with van der Waals surface area (Å²) >= 11 is 0. The third kappa shape index (κ3) is 2.76. The Hall–Kier alpha value is -2.72. The van der Waals surface area contributed by atoms with Crippen LogP contribution < -0.4 is 4.90 Å². The van der Waals surface area contributed by atoms with E-state index in [4.69, 9.17) is 0 Å². The number of anilines is 1. The number of amides is 1. The molecule has 2 aromatic carbocycles. The van der Waals surface area contributed by atoms with Gasteiger partial charge in [-0.05, 0) is 49.6 Å². The summed E-state index contributed by atoms with van der Waals surface area (Å²) in [5.41, 5.74) is 2.78. The average Bonchev–Trinajstić information content (AvgIpc) is 2.81. The minimum atomic E-state index is -1.85. The number of aryl methyl sites for hydroxylation is 3. The molecule has 0 radical (unpaired) electrons. The highest BCUT2D eigenvalue weighted by Gasteiger charge is 2.50. The second-order valence-corrected chi connectivity index (χ2v) is 6.93. The van der Waals surface area contributed by atoms with Gasteiger partial charge in [0.15, 0.2) is 11.4 Å². The lowest BCUT2D eigenvalue weighted by Crippen LogP contribution is -2.42. The molecule has 1 N–H and O–H groups in total. The van der Waals surface area contributed by atoms with E-state index >= 15 is 0 Å². The lowest BCUT2D eigenvalue weighted by molar-refractivity contribution is -0.135. The highest BCUT2D eigenvalue weighted by molar-refractivity contribution is 6.11. The summed E-state index contributed by atoms with van der Waals surface area (Å²) in [6.07, 6.45) is 1.33. The maximum atomic E-state index is 13.0. The average molecular weight is 349 g/mol. The summed E-state index contributed by atoms with van der Waals surface area (Å²) in [4.78, 5) is 27.4. The zero-order valence-electron chi connectivity index (χ0n) is 15.4. The van der Waals surface area contributed by atoms with Crippen LogP contribution in [0.3, 0.4) is 0 Å². The number of carbonyl (C=O) groups excluding carboxylic acids is 2. The van der Waals surface area contributed by atoms with Gasteiger partial charge in [0, 0.05) is 17.7 Å². The summed E-state index contributed by atoms with van der Waals surface area (Å²) in [5, 5.41) is 11.2. The first-order chi connectivity index (χ1) is 12.3. The van der Waals surface area contributed by atoms with Crippen LogP contribution in [0, 0.1) is 20.8 Å². The van der Waals surface area contributed by atoms with Gasteiger partial charge in [-0.1, -0.05) is 30.3 Å². The molecule has 1 atom stereocenters. The van der Waals surface area contributed by atoms with Gasteiger partial charge in [-0.25, -0.2) is 0 Å². The number of benzene rings is 2. The van der Waals surface area contributed by atoms with Gasteiger partial charge in [0.1, 0.15) is 0 Å². The van der Waals surface area contributed by atoms with Crippen molar-refractivity contribution in [3.63, 3.8) is 0 Å². The largest absolute Gasteiger partial charge is 0.375 e. The van der Waals surface area contributed by atoms with Crippen molar-refractivity contribution in [3.05, 3.63) is 76.9 Å². The fourth-order valence-corrected chi connectivity index (χ4v) is 3.58. The molecule has 0 saturated heterocycles. The molecular formula is C22H23NO3. The van der Waals surface area contributed by atoms with E-state index in [-0.39, 0.29) is 18.7 Å². The highest BCUT2D eigenvalue weighted by atomic mass is 16.3. The van der Waals surface area contributed by atoms with Crippen LogP contribution >= 0.6 is 0 Å². The number of hydrogen-bond donors (Lipinski definition) is 1. The predicted octanol–water partition coefficient (Wildman–Crippen LogP) is 3.61. The van der Waals surface area contributed by atoms with E-state index in [1.807, 2.05) is 39.0 Å². The van der Waals surface area contributed by atoms with E-state index in [0.717, 1.165) is 16.7 Å². The first kappa shape index (κ1) is 18.1. The van der Waals surface area contributed by atoms with Crippen molar-refractivity contribution in [2.24, 2.45) is 0 Å². The van der Waals surface area contributed by atoms with E-state index in [2.05, 4.69) is 6.58 Å². The molecule has 0 unspecified atom stereocenters. The van der Waals surface area contributed by atoms with Gasteiger partial charge in [-0.15, -0.1) is 6.58 Å². The predicted molar refractivity (Wildman–Crippen MR) is 102 cm³/mol. The highest BCUT2D eigenvalue weighted by Crippen LogP contribution is 2.42. The molecule has 1 heterocycles. The summed E-state index contributed by atoms with van der Waals surface area (Å²) in [7, 11) is 0. The Kier molecular flexibility index (Phi) is 4.55. The van der Waals surface area contributed by atoms with Crippen molar-refractivity contribution in [3.8, 4) is 0 Å². The maximum Gasteiger partial charge on any atom is 0.264 e. The number of Topliss-reactive ketones (excluding diaryl/α,β-unsaturated/α-hetero) is 1. The van der Waals surface area contributed by atoms with Crippen LogP contribution in [0.4, 0.5) is 5.69 Å². The minimum Gasteiger partial charge on any atom is -0.375 e. The molecule has 26 heavy (non-hydrogen) atoms. The fourth-order valence-electron chi connectivity index (χ4n) is 3.58. The van der Waals surface area contributed by atoms with Gasteiger partial charge in [0.2, 0.25) is 0 Å². The molecule has 1 aliphatic rings. The zero-order chi connectivity index (χ0) is 19.1. The Labute approximate surface area is 153 Å². The monoisotopic (exact) mass is 349 g/mol. The molecule has 3 rings (SSSR count). The summed E-state index contributed by atoms with van der Waals surface area (Å²) in [6.45, 7) is 9.78. The van der Waals surface area contributed by atoms with Crippen LogP contribution in [0.25, 0.3) is 0 Å². The van der Waals surface area contributed by atoms with Gasteiger partial charge < -0.3 is 10.0 Å². The first-order valence-corrected chi connectivity index (χ1v) is 8.65. The van der Waals surface area contributed by atoms with Crippen molar-refractivity contribution in [2.45, 2.75) is 32.8 Å². The van der Waals surface area contributed by atoms with Gasteiger partial charge in [0.05, 0.1) is 12.1 Å². The maximum absolute atomic E-state index is 13.0. The van der Waals surface area contributed by atoms with Gasteiger partial charge >= 0.3 is 0 Å². The second-order valence-electron chi connectivity index (χ2n) is 6.93. The molecule has 1 aliphatic heterocycles. The Morgan fingerprint density at radius 2 is 1.81 bits per heavy atom. The molecule has 0 fully saturated rings. The zero-order valence-corrected chi connectivity index (χ0v) is 15.4. The topological polar surface area (TPSA) is 57.6 Å². The van der Waals surface area contributed by atoms with Crippen LogP contribution in [-0.2, 0) is 10.4 Å². The molecule has 0 spiro atoms. The molecule has 0 aliphatic carbocycles. The molecule has 1 amide bonds. The normalized spacial score (nSPS) is 18.8. The lowest BCUT2D eigenvalue weighted by atomic mass is 9.86. The van der Waals surface area contributed by atoms with Crippen molar-refractivity contribution in [1.82, 2.24) is 0 Å². The Balaban J connectivity index is 2.01. The Morgan fingerprint density at radius 1 is 1.15 bits per heavy atom. The smallest absolute Gasteiger partial charge is 0.264 e. The standard InChI is InChI=1S/C22H23NO3/c1-5-10-23-19-9-7-6-8-18(19)22(26,21(23)25)13-20(24)17-12-15(3)14(2)11-16(17)4/h5-9,11-12,26H,1,10,13H2,2-4H3/t22-/m0/s1. The third-order valence-corrected chi connectivity index (χ3v) is 5.11. The fraction of sp³-hybridized carbons (Fsp3) is 0.273. The van der Waals surface area contributed by atoms with Gasteiger partial charge in [0.25, 0.3) is 5.91 Å². The number of rotatable bonds is 5. The van der Waals surface area contributed by atoms with Crippen molar-refractivity contribution >= 4 is 17.4 Å². The molecule has 4 heteroatoms. The molecule has 0 saturated carbocycles.